The fourth-order valence-electron chi connectivity index (χ4n) is 4.24. The first-order valence-electron chi connectivity index (χ1n) is 10.3. The molecule has 0 radical (unpaired) electrons. The monoisotopic (exact) mass is 428 g/mol. The van der Waals surface area contributed by atoms with Crippen LogP contribution >= 0.6 is 12.4 Å². The molecule has 2 aromatic carbocycles. The Balaban J connectivity index is 0.00000256. The summed E-state index contributed by atoms with van der Waals surface area (Å²) in [6.07, 6.45) is 3.23. The van der Waals surface area contributed by atoms with E-state index in [2.05, 4.69) is 39.5 Å². The maximum Gasteiger partial charge on any atom is 0.315 e. The van der Waals surface area contributed by atoms with Gasteiger partial charge in [0.25, 0.3) is 0 Å². The molecule has 0 spiro atoms. The van der Waals surface area contributed by atoms with Gasteiger partial charge in [0.1, 0.15) is 5.54 Å². The van der Waals surface area contributed by atoms with Crippen molar-refractivity contribution in [2.45, 2.75) is 57.4 Å². The van der Waals surface area contributed by atoms with Crippen LogP contribution in [0.5, 0.6) is 0 Å². The number of fused-ring (bicyclic) bond motifs is 1. The number of carbonyl (C=O) groups is 2. The van der Waals surface area contributed by atoms with E-state index in [0.29, 0.717) is 25.9 Å². The normalized spacial score (nSPS) is 16.3. The maximum absolute atomic E-state index is 13.0. The van der Waals surface area contributed by atoms with Crippen LogP contribution in [0.3, 0.4) is 0 Å². The minimum atomic E-state index is -0.820. The van der Waals surface area contributed by atoms with E-state index >= 15 is 0 Å². The predicted molar refractivity (Wildman–Crippen MR) is 119 cm³/mol. The van der Waals surface area contributed by atoms with Gasteiger partial charge in [-0.25, -0.2) is 4.79 Å². The Kier molecular flexibility index (Phi) is 7.34. The fourth-order valence-corrected chi connectivity index (χ4v) is 4.24. The van der Waals surface area contributed by atoms with Crippen LogP contribution in [-0.2, 0) is 31.0 Å². The molecule has 0 aromatic heterocycles. The Morgan fingerprint density at radius 2 is 1.57 bits per heavy atom. The van der Waals surface area contributed by atoms with E-state index in [1.54, 1.807) is 0 Å². The Hall–Kier alpha value is -2.57. The van der Waals surface area contributed by atoms with Crippen molar-refractivity contribution >= 4 is 24.3 Å². The summed E-state index contributed by atoms with van der Waals surface area (Å²) in [5.74, 6) is -0.0940. The lowest BCUT2D eigenvalue weighted by Crippen LogP contribution is -2.59. The van der Waals surface area contributed by atoms with Crippen LogP contribution < -0.4 is 21.3 Å². The van der Waals surface area contributed by atoms with E-state index in [1.807, 2.05) is 30.3 Å². The highest BCUT2D eigenvalue weighted by molar-refractivity contribution is 5.91. The Labute approximate surface area is 183 Å². The third-order valence-corrected chi connectivity index (χ3v) is 5.90. The molecule has 0 saturated heterocycles. The third kappa shape index (κ3) is 5.12. The molecule has 1 heterocycles. The quantitative estimate of drug-likeness (QED) is 0.570. The van der Waals surface area contributed by atoms with Gasteiger partial charge in [-0.3, -0.25) is 4.79 Å². The van der Waals surface area contributed by atoms with Crippen molar-refractivity contribution in [3.8, 4) is 0 Å². The number of nitrogens with one attached hydrogen (secondary N) is 4. The summed E-state index contributed by atoms with van der Waals surface area (Å²) in [5, 5.41) is 12.2. The van der Waals surface area contributed by atoms with Gasteiger partial charge in [0.2, 0.25) is 5.91 Å². The van der Waals surface area contributed by atoms with Crippen molar-refractivity contribution in [3.05, 3.63) is 70.8 Å². The van der Waals surface area contributed by atoms with Crippen molar-refractivity contribution in [2.24, 2.45) is 0 Å². The van der Waals surface area contributed by atoms with E-state index < -0.39 is 5.54 Å². The van der Waals surface area contributed by atoms with Gasteiger partial charge in [-0.2, -0.15) is 0 Å². The summed E-state index contributed by atoms with van der Waals surface area (Å²) >= 11 is 0. The topological polar surface area (TPSA) is 82.3 Å². The lowest BCUT2D eigenvalue weighted by molar-refractivity contribution is -0.127. The summed E-state index contributed by atoms with van der Waals surface area (Å²) in [6.45, 7) is 2.70. The third-order valence-electron chi connectivity index (χ3n) is 5.90. The van der Waals surface area contributed by atoms with Gasteiger partial charge >= 0.3 is 6.03 Å². The summed E-state index contributed by atoms with van der Waals surface area (Å²) in [5.41, 5.74) is 3.91. The van der Waals surface area contributed by atoms with Crippen LogP contribution in [0, 0.1) is 0 Å². The van der Waals surface area contributed by atoms with Gasteiger partial charge < -0.3 is 21.3 Å². The molecule has 2 aliphatic rings. The maximum atomic E-state index is 13.0. The van der Waals surface area contributed by atoms with Gasteiger partial charge in [-0.05, 0) is 35.1 Å². The van der Waals surface area contributed by atoms with Crippen LogP contribution in [0.1, 0.15) is 47.9 Å². The van der Waals surface area contributed by atoms with Crippen LogP contribution in [-0.4, -0.2) is 17.5 Å². The highest BCUT2D eigenvalue weighted by Crippen LogP contribution is 2.30. The first kappa shape index (κ1) is 22.1. The minimum Gasteiger partial charge on any atom is -0.350 e. The standard InChI is InChI=1S/C23H28N4O2.ClH/c28-21(25-14-18-8-9-19-15-24-16-20(19)12-18)23(10-4-5-11-23)27-22(29)26-13-17-6-2-1-3-7-17;/h1-3,6-9,12,24H,4-5,10-11,13-16H2,(H,25,28)(H2,26,27,29);1H. The molecule has 1 aliphatic carbocycles. The second kappa shape index (κ2) is 9.96. The summed E-state index contributed by atoms with van der Waals surface area (Å²) in [6, 6.07) is 15.8. The Morgan fingerprint density at radius 3 is 2.33 bits per heavy atom. The molecule has 0 bridgehead atoms. The molecule has 30 heavy (non-hydrogen) atoms. The van der Waals surface area contributed by atoms with Crippen molar-refractivity contribution in [2.75, 3.05) is 0 Å². The largest absolute Gasteiger partial charge is 0.350 e. The summed E-state index contributed by atoms with van der Waals surface area (Å²) in [7, 11) is 0. The highest BCUT2D eigenvalue weighted by atomic mass is 35.5. The zero-order chi connectivity index (χ0) is 20.1. The van der Waals surface area contributed by atoms with Crippen LogP contribution in [0.2, 0.25) is 0 Å². The number of rotatable bonds is 6. The van der Waals surface area contributed by atoms with Crippen molar-refractivity contribution in [1.29, 1.82) is 0 Å². The zero-order valence-corrected chi connectivity index (χ0v) is 17.8. The second-order valence-corrected chi connectivity index (χ2v) is 7.97. The molecule has 1 fully saturated rings. The number of carbonyl (C=O) groups excluding carboxylic acids is 2. The van der Waals surface area contributed by atoms with Gasteiger partial charge in [0.05, 0.1) is 0 Å². The van der Waals surface area contributed by atoms with E-state index in [1.165, 1.54) is 11.1 Å². The molecule has 4 rings (SSSR count). The average Bonchev–Trinajstić information content (AvgIpc) is 3.41. The van der Waals surface area contributed by atoms with Gasteiger partial charge in [0, 0.05) is 26.2 Å². The summed E-state index contributed by atoms with van der Waals surface area (Å²) < 4.78 is 0. The number of hydrogen-bond acceptors (Lipinski definition) is 3. The lowest BCUT2D eigenvalue weighted by Gasteiger charge is -2.29. The van der Waals surface area contributed by atoms with E-state index in [-0.39, 0.29) is 24.3 Å². The predicted octanol–water partition coefficient (Wildman–Crippen LogP) is 3.14. The molecule has 2 aromatic rings. The van der Waals surface area contributed by atoms with Crippen molar-refractivity contribution in [1.82, 2.24) is 21.3 Å². The van der Waals surface area contributed by atoms with E-state index in [4.69, 9.17) is 0 Å². The molecule has 0 unspecified atom stereocenters. The van der Waals surface area contributed by atoms with Crippen LogP contribution in [0.25, 0.3) is 0 Å². The molecule has 1 aliphatic heterocycles. The highest BCUT2D eigenvalue weighted by Gasteiger charge is 2.42. The molecule has 0 atom stereocenters. The number of benzene rings is 2. The number of halogens is 1. The molecule has 7 heteroatoms. The molecule has 4 N–H and O–H groups in total. The van der Waals surface area contributed by atoms with Crippen LogP contribution in [0.4, 0.5) is 4.79 Å². The SMILES string of the molecule is Cl.O=C(NCc1ccccc1)NC1(C(=O)NCc2ccc3c(c2)CNC3)CCCC1. The number of hydrogen-bond donors (Lipinski definition) is 4. The molecular formula is C23H29ClN4O2. The van der Waals surface area contributed by atoms with Crippen molar-refractivity contribution in [3.63, 3.8) is 0 Å². The van der Waals surface area contributed by atoms with Gasteiger partial charge in [0.15, 0.2) is 0 Å². The average molecular weight is 429 g/mol. The number of amides is 3. The first-order valence-corrected chi connectivity index (χ1v) is 10.3. The summed E-state index contributed by atoms with van der Waals surface area (Å²) in [4.78, 5) is 25.5. The number of urea groups is 1. The van der Waals surface area contributed by atoms with E-state index in [9.17, 15) is 9.59 Å². The minimum absolute atomic E-state index is 0. The van der Waals surface area contributed by atoms with Gasteiger partial charge in [-0.15, -0.1) is 12.4 Å². The second-order valence-electron chi connectivity index (χ2n) is 7.97. The first-order chi connectivity index (χ1) is 14.1. The molecule has 3 amide bonds. The molecular weight excluding hydrogens is 400 g/mol. The Bertz CT molecular complexity index is 882. The fraction of sp³-hybridized carbons (Fsp3) is 0.391. The molecule has 1 saturated carbocycles. The molecule has 6 nitrogen and oxygen atoms in total. The zero-order valence-electron chi connectivity index (χ0n) is 17.0. The van der Waals surface area contributed by atoms with Crippen molar-refractivity contribution < 1.29 is 9.59 Å². The smallest absolute Gasteiger partial charge is 0.315 e. The van der Waals surface area contributed by atoms with E-state index in [0.717, 1.165) is 37.1 Å². The molecule has 160 valence electrons. The lowest BCUT2D eigenvalue weighted by atomic mass is 9.96. The van der Waals surface area contributed by atoms with Crippen LogP contribution in [0.15, 0.2) is 48.5 Å². The van der Waals surface area contributed by atoms with Gasteiger partial charge in [-0.1, -0.05) is 61.4 Å². The Morgan fingerprint density at radius 1 is 0.867 bits per heavy atom.